The molecular weight excluding hydrogens is 514 g/mol. The highest BCUT2D eigenvalue weighted by Gasteiger charge is 2.29. The number of fused-ring (bicyclic) bond motifs is 1. The van der Waals surface area contributed by atoms with Gasteiger partial charge in [0.15, 0.2) is 0 Å². The van der Waals surface area contributed by atoms with Gasteiger partial charge in [-0.15, -0.1) is 0 Å². The van der Waals surface area contributed by atoms with Crippen LogP contribution in [0.4, 0.5) is 26.3 Å². The second-order valence-electron chi connectivity index (χ2n) is 9.71. The van der Waals surface area contributed by atoms with Crippen molar-refractivity contribution in [2.24, 2.45) is 0 Å². The molecule has 0 spiro atoms. The molecule has 39 heavy (non-hydrogen) atoms. The van der Waals surface area contributed by atoms with Crippen LogP contribution in [0.2, 0.25) is 0 Å². The summed E-state index contributed by atoms with van der Waals surface area (Å²) >= 11 is 0. The third-order valence-electron chi connectivity index (χ3n) is 6.86. The predicted molar refractivity (Wildman–Crippen MR) is 142 cm³/mol. The van der Waals surface area contributed by atoms with Gasteiger partial charge in [-0.3, -0.25) is 0 Å². The molecule has 206 valence electrons. The summed E-state index contributed by atoms with van der Waals surface area (Å²) in [5, 5.41) is 1.09. The summed E-state index contributed by atoms with van der Waals surface area (Å²) < 4.78 is 88.1. The number of hydrogen-bond donors (Lipinski definition) is 0. The summed E-state index contributed by atoms with van der Waals surface area (Å²) in [7, 11) is 0. The van der Waals surface area contributed by atoms with Crippen molar-refractivity contribution in [3.05, 3.63) is 112 Å². The van der Waals surface area contributed by atoms with E-state index in [-0.39, 0.29) is 23.6 Å². The Labute approximate surface area is 224 Å². The third kappa shape index (κ3) is 7.34. The Kier molecular flexibility index (Phi) is 9.20. The lowest BCUT2D eigenvalue weighted by Gasteiger charge is -2.11. The second kappa shape index (κ2) is 12.6. The Morgan fingerprint density at radius 2 is 1.36 bits per heavy atom. The first-order chi connectivity index (χ1) is 18.7. The largest absolute Gasteiger partial charge is 0.493 e. The molecule has 0 amide bonds. The highest BCUT2D eigenvalue weighted by atomic mass is 19.4. The lowest BCUT2D eigenvalue weighted by molar-refractivity contribution is -0.137. The number of rotatable bonds is 11. The van der Waals surface area contributed by atoms with Crippen molar-refractivity contribution in [3.8, 4) is 5.75 Å². The zero-order valence-electron chi connectivity index (χ0n) is 21.7. The molecule has 1 nitrogen and oxygen atoms in total. The SMILES string of the molecule is CCCCCOc1cc(F)c(CCc2ccc3c(F)c(CCc4ccc(C(F)(F)F)cc4)ccc3c2)c(F)c1. The molecule has 4 aromatic rings. The van der Waals surface area contributed by atoms with Gasteiger partial charge in [-0.05, 0) is 66.3 Å². The summed E-state index contributed by atoms with van der Waals surface area (Å²) in [6.07, 6.45) is -0.293. The molecule has 4 rings (SSSR count). The molecule has 0 atom stereocenters. The van der Waals surface area contributed by atoms with E-state index in [0.29, 0.717) is 47.8 Å². The number of benzene rings is 4. The van der Waals surface area contributed by atoms with Gasteiger partial charge in [0.25, 0.3) is 0 Å². The molecule has 0 aliphatic carbocycles. The van der Waals surface area contributed by atoms with Crippen LogP contribution in [0.5, 0.6) is 5.75 Å². The fourth-order valence-corrected chi connectivity index (χ4v) is 4.59. The van der Waals surface area contributed by atoms with Gasteiger partial charge in [-0.2, -0.15) is 13.2 Å². The third-order valence-corrected chi connectivity index (χ3v) is 6.86. The van der Waals surface area contributed by atoms with E-state index in [1.165, 1.54) is 24.3 Å². The fourth-order valence-electron chi connectivity index (χ4n) is 4.59. The van der Waals surface area contributed by atoms with Crippen LogP contribution < -0.4 is 4.74 Å². The first-order valence-electron chi connectivity index (χ1n) is 13.1. The van der Waals surface area contributed by atoms with Crippen molar-refractivity contribution in [1.82, 2.24) is 0 Å². The highest BCUT2D eigenvalue weighted by molar-refractivity contribution is 5.84. The van der Waals surface area contributed by atoms with Crippen molar-refractivity contribution >= 4 is 10.8 Å². The monoisotopic (exact) mass is 544 g/mol. The zero-order chi connectivity index (χ0) is 28.0. The van der Waals surface area contributed by atoms with Crippen molar-refractivity contribution in [2.75, 3.05) is 6.61 Å². The average molecular weight is 545 g/mol. The van der Waals surface area contributed by atoms with Crippen LogP contribution in [0.15, 0.2) is 66.7 Å². The molecule has 0 aliphatic rings. The molecule has 0 radical (unpaired) electrons. The number of halogens is 6. The maximum Gasteiger partial charge on any atom is 0.416 e. The van der Waals surface area contributed by atoms with Crippen LogP contribution in [0, 0.1) is 17.5 Å². The van der Waals surface area contributed by atoms with E-state index >= 15 is 4.39 Å². The Morgan fingerprint density at radius 3 is 2.03 bits per heavy atom. The van der Waals surface area contributed by atoms with Gasteiger partial charge in [0, 0.05) is 23.1 Å². The number of aryl methyl sites for hydroxylation is 3. The number of hydrogen-bond acceptors (Lipinski definition) is 1. The quantitative estimate of drug-likeness (QED) is 0.135. The Bertz CT molecular complexity index is 1390. The van der Waals surface area contributed by atoms with Crippen molar-refractivity contribution in [1.29, 1.82) is 0 Å². The van der Waals surface area contributed by atoms with E-state index in [0.717, 1.165) is 37.0 Å². The van der Waals surface area contributed by atoms with Crippen LogP contribution in [0.25, 0.3) is 10.8 Å². The molecule has 4 aromatic carbocycles. The number of alkyl halides is 3. The minimum absolute atomic E-state index is 0.0131. The van der Waals surface area contributed by atoms with Crippen LogP contribution in [0.1, 0.15) is 54.0 Å². The molecular formula is C32H30F6O. The number of unbranched alkanes of at least 4 members (excludes halogenated alkanes) is 2. The molecule has 0 unspecified atom stereocenters. The summed E-state index contributed by atoms with van der Waals surface area (Å²) in [6.45, 7) is 2.48. The summed E-state index contributed by atoms with van der Waals surface area (Å²) in [5.74, 6) is -1.49. The molecule has 0 heterocycles. The normalized spacial score (nSPS) is 11.8. The highest BCUT2D eigenvalue weighted by Crippen LogP contribution is 2.30. The average Bonchev–Trinajstić information content (AvgIpc) is 2.90. The van der Waals surface area contributed by atoms with Crippen LogP contribution in [-0.4, -0.2) is 6.61 Å². The van der Waals surface area contributed by atoms with Gasteiger partial charge in [-0.1, -0.05) is 62.2 Å². The van der Waals surface area contributed by atoms with Crippen molar-refractivity contribution in [2.45, 2.75) is 58.0 Å². The molecule has 0 fully saturated rings. The standard InChI is InChI=1S/C32H30F6O/c1-2-3-4-17-39-26-19-29(33)28(30(34)20-26)16-9-22-8-15-27-24(18-22)12-11-23(31(27)35)10-5-21-6-13-25(14-7-21)32(36,37)38/h6-8,11-15,18-20H,2-5,9-10,16-17H2,1H3. The van der Waals surface area contributed by atoms with E-state index < -0.39 is 23.4 Å². The van der Waals surface area contributed by atoms with E-state index in [1.807, 2.05) is 0 Å². The molecule has 0 saturated carbocycles. The lowest BCUT2D eigenvalue weighted by Crippen LogP contribution is -2.04. The van der Waals surface area contributed by atoms with Crippen LogP contribution in [0.3, 0.4) is 0 Å². The predicted octanol–water partition coefficient (Wildman–Crippen LogP) is 9.42. The Balaban J connectivity index is 1.40. The minimum atomic E-state index is -4.39. The number of ether oxygens (including phenoxy) is 1. The van der Waals surface area contributed by atoms with Gasteiger partial charge < -0.3 is 4.74 Å². The summed E-state index contributed by atoms with van der Waals surface area (Å²) in [5.41, 5.74) is 1.25. The van der Waals surface area contributed by atoms with E-state index in [1.54, 1.807) is 30.3 Å². The molecule has 0 aliphatic heterocycles. The van der Waals surface area contributed by atoms with Crippen molar-refractivity contribution in [3.63, 3.8) is 0 Å². The minimum Gasteiger partial charge on any atom is -0.493 e. The van der Waals surface area contributed by atoms with Gasteiger partial charge in [0.2, 0.25) is 0 Å². The topological polar surface area (TPSA) is 9.23 Å². The summed E-state index contributed by atoms with van der Waals surface area (Å²) in [4.78, 5) is 0. The molecule has 0 saturated heterocycles. The smallest absolute Gasteiger partial charge is 0.416 e. The molecule has 0 N–H and O–H groups in total. The fraction of sp³-hybridized carbons (Fsp3) is 0.312. The molecule has 7 heteroatoms. The van der Waals surface area contributed by atoms with Gasteiger partial charge in [0.1, 0.15) is 23.2 Å². The van der Waals surface area contributed by atoms with Crippen LogP contribution in [-0.2, 0) is 31.9 Å². The lowest BCUT2D eigenvalue weighted by atomic mass is 9.97. The van der Waals surface area contributed by atoms with E-state index in [9.17, 15) is 22.0 Å². The van der Waals surface area contributed by atoms with E-state index in [4.69, 9.17) is 4.74 Å². The Hall–Kier alpha value is -3.48. The van der Waals surface area contributed by atoms with E-state index in [2.05, 4.69) is 6.92 Å². The second-order valence-corrected chi connectivity index (χ2v) is 9.71. The van der Waals surface area contributed by atoms with Crippen LogP contribution >= 0.6 is 0 Å². The first-order valence-corrected chi connectivity index (χ1v) is 13.1. The Morgan fingerprint density at radius 1 is 0.692 bits per heavy atom. The van der Waals surface area contributed by atoms with Crippen molar-refractivity contribution < 1.29 is 31.1 Å². The maximum atomic E-state index is 15.2. The first kappa shape index (κ1) is 28.5. The molecule has 0 bridgehead atoms. The van der Waals surface area contributed by atoms with Gasteiger partial charge in [-0.25, -0.2) is 13.2 Å². The van der Waals surface area contributed by atoms with Gasteiger partial charge in [0.05, 0.1) is 12.2 Å². The zero-order valence-corrected chi connectivity index (χ0v) is 21.7. The van der Waals surface area contributed by atoms with Gasteiger partial charge >= 0.3 is 6.18 Å². The maximum absolute atomic E-state index is 15.2. The molecule has 0 aromatic heterocycles. The summed E-state index contributed by atoms with van der Waals surface area (Å²) in [6, 6.07) is 16.0.